The molecular formula is C26H16Cl2N2O3. The van der Waals surface area contributed by atoms with E-state index < -0.39 is 0 Å². The number of nitrogens with one attached hydrogen (secondary N) is 1. The average molecular weight is 475 g/mol. The van der Waals surface area contributed by atoms with Crippen LogP contribution in [0.3, 0.4) is 0 Å². The van der Waals surface area contributed by atoms with Crippen LogP contribution in [0.4, 0.5) is 5.69 Å². The largest absolute Gasteiger partial charge is 0.457 e. The molecule has 0 aliphatic rings. The van der Waals surface area contributed by atoms with Crippen LogP contribution in [0, 0.1) is 0 Å². The van der Waals surface area contributed by atoms with E-state index in [-0.39, 0.29) is 5.91 Å². The molecule has 1 amide bonds. The van der Waals surface area contributed by atoms with Gasteiger partial charge in [0.05, 0.1) is 10.0 Å². The lowest BCUT2D eigenvalue weighted by Crippen LogP contribution is -2.07. The molecular weight excluding hydrogens is 459 g/mol. The zero-order valence-corrected chi connectivity index (χ0v) is 18.6. The SMILES string of the molecule is O=C(C=Cc1ccc(-c2cccc(Cl)c2Cl)o1)Nc1ccc(-c2nc3ccccc3o2)cc1. The van der Waals surface area contributed by atoms with E-state index in [2.05, 4.69) is 10.3 Å². The summed E-state index contributed by atoms with van der Waals surface area (Å²) in [7, 11) is 0. The molecule has 5 rings (SSSR count). The van der Waals surface area contributed by atoms with Crippen LogP contribution in [0.1, 0.15) is 5.76 Å². The second-order valence-corrected chi connectivity index (χ2v) is 7.98. The Morgan fingerprint density at radius 1 is 0.879 bits per heavy atom. The molecule has 5 aromatic rings. The Morgan fingerprint density at radius 2 is 1.70 bits per heavy atom. The first kappa shape index (κ1) is 21.1. The lowest BCUT2D eigenvalue weighted by atomic mass is 10.2. The molecule has 2 heterocycles. The number of aromatic nitrogens is 1. The number of hydrogen-bond acceptors (Lipinski definition) is 4. The fourth-order valence-corrected chi connectivity index (χ4v) is 3.71. The fraction of sp³-hybridized carbons (Fsp3) is 0. The van der Waals surface area contributed by atoms with Crippen molar-refractivity contribution >= 4 is 52.0 Å². The molecule has 3 aromatic carbocycles. The van der Waals surface area contributed by atoms with Gasteiger partial charge in [-0.1, -0.05) is 41.4 Å². The van der Waals surface area contributed by atoms with Crippen LogP contribution < -0.4 is 5.32 Å². The van der Waals surface area contributed by atoms with Gasteiger partial charge in [-0.2, -0.15) is 0 Å². The van der Waals surface area contributed by atoms with Gasteiger partial charge in [-0.05, 0) is 66.7 Å². The number of para-hydroxylation sites is 2. The standard InChI is InChI=1S/C26H16Cl2N2O3/c27-20-5-3-4-19(25(20)28)22-14-12-18(32-22)13-15-24(31)29-17-10-8-16(9-11-17)26-30-21-6-1-2-7-23(21)33-26/h1-15H,(H,29,31). The van der Waals surface area contributed by atoms with E-state index in [4.69, 9.17) is 32.0 Å². The molecule has 33 heavy (non-hydrogen) atoms. The molecule has 0 atom stereocenters. The lowest BCUT2D eigenvalue weighted by Gasteiger charge is -2.03. The summed E-state index contributed by atoms with van der Waals surface area (Å²) in [5.74, 6) is 1.32. The first-order valence-corrected chi connectivity index (χ1v) is 10.8. The maximum absolute atomic E-state index is 12.3. The van der Waals surface area contributed by atoms with E-state index in [9.17, 15) is 4.79 Å². The van der Waals surface area contributed by atoms with Crippen molar-refractivity contribution in [3.8, 4) is 22.8 Å². The third-order valence-electron chi connectivity index (χ3n) is 4.94. The normalized spacial score (nSPS) is 11.3. The summed E-state index contributed by atoms with van der Waals surface area (Å²) in [6.07, 6.45) is 2.99. The van der Waals surface area contributed by atoms with Crippen LogP contribution in [-0.2, 0) is 4.79 Å². The zero-order chi connectivity index (χ0) is 22.8. The number of oxazole rings is 1. The first-order chi connectivity index (χ1) is 16.1. The zero-order valence-electron chi connectivity index (χ0n) is 17.1. The Labute approximate surface area is 199 Å². The summed E-state index contributed by atoms with van der Waals surface area (Å²) in [5, 5.41) is 3.68. The van der Waals surface area contributed by atoms with Gasteiger partial charge in [-0.15, -0.1) is 0 Å². The minimum Gasteiger partial charge on any atom is -0.457 e. The molecule has 0 spiro atoms. The molecule has 0 aliphatic heterocycles. The van der Waals surface area contributed by atoms with Crippen LogP contribution in [0.5, 0.6) is 0 Å². The molecule has 0 aliphatic carbocycles. The maximum atomic E-state index is 12.3. The van der Waals surface area contributed by atoms with Gasteiger partial charge < -0.3 is 14.2 Å². The number of carbonyl (C=O) groups is 1. The van der Waals surface area contributed by atoms with Gasteiger partial charge in [-0.25, -0.2) is 4.98 Å². The fourth-order valence-electron chi connectivity index (χ4n) is 3.31. The summed E-state index contributed by atoms with van der Waals surface area (Å²) in [5.41, 5.74) is 3.69. The van der Waals surface area contributed by atoms with Crippen molar-refractivity contribution in [2.75, 3.05) is 5.32 Å². The van der Waals surface area contributed by atoms with Crippen molar-refractivity contribution in [1.82, 2.24) is 4.98 Å². The third-order valence-corrected chi connectivity index (χ3v) is 5.75. The summed E-state index contributed by atoms with van der Waals surface area (Å²) >= 11 is 12.3. The first-order valence-electron chi connectivity index (χ1n) is 10.1. The quantitative estimate of drug-likeness (QED) is 0.264. The van der Waals surface area contributed by atoms with E-state index in [1.54, 1.807) is 42.5 Å². The molecule has 0 radical (unpaired) electrons. The predicted octanol–water partition coefficient (Wildman–Crippen LogP) is 7.71. The Kier molecular flexibility index (Phi) is 5.73. The van der Waals surface area contributed by atoms with E-state index in [1.807, 2.05) is 42.5 Å². The lowest BCUT2D eigenvalue weighted by molar-refractivity contribution is -0.111. The number of nitrogens with zero attached hydrogens (tertiary/aromatic N) is 1. The second-order valence-electron chi connectivity index (χ2n) is 7.19. The Balaban J connectivity index is 1.25. The van der Waals surface area contributed by atoms with Crippen LogP contribution in [0.2, 0.25) is 10.0 Å². The maximum Gasteiger partial charge on any atom is 0.248 e. The van der Waals surface area contributed by atoms with Gasteiger partial charge in [-0.3, -0.25) is 4.79 Å². The van der Waals surface area contributed by atoms with Crippen molar-refractivity contribution in [2.24, 2.45) is 0 Å². The van der Waals surface area contributed by atoms with Crippen molar-refractivity contribution < 1.29 is 13.6 Å². The van der Waals surface area contributed by atoms with Crippen molar-refractivity contribution in [3.63, 3.8) is 0 Å². The van der Waals surface area contributed by atoms with E-state index >= 15 is 0 Å². The molecule has 2 aromatic heterocycles. The van der Waals surface area contributed by atoms with Crippen LogP contribution >= 0.6 is 23.2 Å². The predicted molar refractivity (Wildman–Crippen MR) is 131 cm³/mol. The summed E-state index contributed by atoms with van der Waals surface area (Å²) in [6.45, 7) is 0. The Bertz CT molecular complexity index is 1450. The van der Waals surface area contributed by atoms with Gasteiger partial charge in [0.1, 0.15) is 17.0 Å². The minimum absolute atomic E-state index is 0.289. The summed E-state index contributed by atoms with van der Waals surface area (Å²) in [4.78, 5) is 16.8. The van der Waals surface area contributed by atoms with Crippen LogP contribution in [0.25, 0.3) is 40.0 Å². The second kappa shape index (κ2) is 8.98. The molecule has 0 saturated heterocycles. The molecule has 0 fully saturated rings. The van der Waals surface area contributed by atoms with Gasteiger partial charge in [0.2, 0.25) is 11.8 Å². The van der Waals surface area contributed by atoms with Crippen molar-refractivity contribution in [3.05, 3.63) is 101 Å². The number of rotatable bonds is 5. The van der Waals surface area contributed by atoms with E-state index in [1.165, 1.54) is 6.08 Å². The highest BCUT2D eigenvalue weighted by atomic mass is 35.5. The number of amides is 1. The van der Waals surface area contributed by atoms with Gasteiger partial charge >= 0.3 is 0 Å². The molecule has 162 valence electrons. The van der Waals surface area contributed by atoms with Gasteiger partial charge in [0.15, 0.2) is 5.58 Å². The van der Waals surface area contributed by atoms with Crippen molar-refractivity contribution in [1.29, 1.82) is 0 Å². The summed E-state index contributed by atoms with van der Waals surface area (Å²) in [6, 6.07) is 23.7. The molecule has 0 saturated carbocycles. The number of carbonyl (C=O) groups excluding carboxylic acids is 1. The number of fused-ring (bicyclic) bond motifs is 1. The number of anilines is 1. The number of hydrogen-bond donors (Lipinski definition) is 1. The Hall–Kier alpha value is -3.80. The smallest absolute Gasteiger partial charge is 0.248 e. The van der Waals surface area contributed by atoms with Crippen LogP contribution in [-0.4, -0.2) is 10.9 Å². The van der Waals surface area contributed by atoms with E-state index in [0.717, 1.165) is 16.7 Å². The highest BCUT2D eigenvalue weighted by molar-refractivity contribution is 6.43. The minimum atomic E-state index is -0.289. The van der Waals surface area contributed by atoms with Gasteiger partial charge in [0, 0.05) is 22.9 Å². The highest BCUT2D eigenvalue weighted by Gasteiger charge is 2.11. The number of benzene rings is 3. The van der Waals surface area contributed by atoms with Crippen molar-refractivity contribution in [2.45, 2.75) is 0 Å². The monoisotopic (exact) mass is 474 g/mol. The molecule has 0 bridgehead atoms. The Morgan fingerprint density at radius 3 is 2.52 bits per heavy atom. The molecule has 5 nitrogen and oxygen atoms in total. The van der Waals surface area contributed by atoms with E-state index in [0.29, 0.717) is 38.7 Å². The number of halogens is 2. The molecule has 7 heteroatoms. The summed E-state index contributed by atoms with van der Waals surface area (Å²) < 4.78 is 11.5. The molecule has 0 unspecified atom stereocenters. The van der Waals surface area contributed by atoms with Gasteiger partial charge in [0.25, 0.3) is 0 Å². The highest BCUT2D eigenvalue weighted by Crippen LogP contribution is 2.34. The topological polar surface area (TPSA) is 68.3 Å². The van der Waals surface area contributed by atoms with Crippen LogP contribution in [0.15, 0.2) is 93.8 Å². The number of furan rings is 1. The molecule has 1 N–H and O–H groups in total. The third kappa shape index (κ3) is 4.55. The average Bonchev–Trinajstić information content (AvgIpc) is 3.47.